The molecule has 1 aliphatic heterocycles. The topological polar surface area (TPSA) is 93.3 Å². The van der Waals surface area contributed by atoms with Crippen molar-refractivity contribution in [3.8, 4) is 0 Å². The van der Waals surface area contributed by atoms with Gasteiger partial charge in [-0.1, -0.05) is 0 Å². The van der Waals surface area contributed by atoms with Crippen molar-refractivity contribution in [2.75, 3.05) is 6.61 Å². The molecule has 1 aliphatic rings. The molecule has 0 aliphatic carbocycles. The molecule has 70 valence electrons. The van der Waals surface area contributed by atoms with Crippen LogP contribution >= 0.6 is 0 Å². The quantitative estimate of drug-likeness (QED) is 0.367. The maximum atomic E-state index is 9.23. The third-order valence-electron chi connectivity index (χ3n) is 2.04. The van der Waals surface area contributed by atoms with Crippen LogP contribution in [0.2, 0.25) is 0 Å². The summed E-state index contributed by atoms with van der Waals surface area (Å²) in [6, 6.07) is -0.481. The van der Waals surface area contributed by atoms with Gasteiger partial charge in [0.2, 0.25) is 0 Å². The Hall–Kier alpha value is -0.490. The predicted molar refractivity (Wildman–Crippen MR) is 42.0 cm³/mol. The van der Waals surface area contributed by atoms with E-state index >= 15 is 0 Å². The van der Waals surface area contributed by atoms with Crippen molar-refractivity contribution in [2.45, 2.75) is 31.3 Å². The SMILES string of the molecule is CC1N=C(CO)C(O)C(O)C1O. The molecule has 0 radical (unpaired) electrons. The van der Waals surface area contributed by atoms with Crippen molar-refractivity contribution in [1.82, 2.24) is 0 Å². The fourth-order valence-corrected chi connectivity index (χ4v) is 1.22. The first kappa shape index (κ1) is 9.60. The summed E-state index contributed by atoms with van der Waals surface area (Å²) in [6.45, 7) is 1.21. The predicted octanol–water partition coefficient (Wildman–Crippen LogP) is -2.10. The summed E-state index contributed by atoms with van der Waals surface area (Å²) >= 11 is 0. The van der Waals surface area contributed by atoms with Gasteiger partial charge in [-0.25, -0.2) is 0 Å². The number of hydrogen-bond acceptors (Lipinski definition) is 5. The smallest absolute Gasteiger partial charge is 0.122 e. The number of aliphatic hydroxyl groups excluding tert-OH is 4. The van der Waals surface area contributed by atoms with Gasteiger partial charge >= 0.3 is 0 Å². The molecule has 0 fully saturated rings. The number of aliphatic hydroxyl groups is 4. The van der Waals surface area contributed by atoms with Crippen LogP contribution in [0.15, 0.2) is 4.99 Å². The lowest BCUT2D eigenvalue weighted by Gasteiger charge is -2.31. The molecule has 5 nitrogen and oxygen atoms in total. The minimum absolute atomic E-state index is 0.125. The van der Waals surface area contributed by atoms with Crippen LogP contribution in [-0.2, 0) is 0 Å². The van der Waals surface area contributed by atoms with Gasteiger partial charge < -0.3 is 20.4 Å². The van der Waals surface area contributed by atoms with E-state index in [9.17, 15) is 15.3 Å². The zero-order valence-corrected chi connectivity index (χ0v) is 6.75. The number of hydrogen-bond donors (Lipinski definition) is 4. The van der Waals surface area contributed by atoms with Crippen molar-refractivity contribution < 1.29 is 20.4 Å². The van der Waals surface area contributed by atoms with Crippen LogP contribution in [-0.4, -0.2) is 57.1 Å². The fraction of sp³-hybridized carbons (Fsp3) is 0.857. The molecule has 4 N–H and O–H groups in total. The number of rotatable bonds is 1. The third kappa shape index (κ3) is 1.49. The molecule has 1 rings (SSSR count). The highest BCUT2D eigenvalue weighted by molar-refractivity contribution is 5.91. The summed E-state index contributed by atoms with van der Waals surface area (Å²) in [7, 11) is 0. The second-order valence-electron chi connectivity index (χ2n) is 2.95. The second-order valence-corrected chi connectivity index (χ2v) is 2.95. The molecule has 0 saturated carbocycles. The highest BCUT2D eigenvalue weighted by atomic mass is 16.4. The molecule has 0 saturated heterocycles. The maximum absolute atomic E-state index is 9.23. The average Bonchev–Trinajstić information content (AvgIpc) is 2.08. The van der Waals surface area contributed by atoms with Gasteiger partial charge in [0.05, 0.1) is 18.4 Å². The molecule has 0 amide bonds. The van der Waals surface area contributed by atoms with Crippen molar-refractivity contribution in [2.24, 2.45) is 4.99 Å². The Morgan fingerprint density at radius 2 is 1.83 bits per heavy atom. The standard InChI is InChI=1S/C7H13NO4/c1-3-5(10)7(12)6(11)4(2-9)8-3/h3,5-7,9-12H,2H2,1H3. The molecule has 4 unspecified atom stereocenters. The van der Waals surface area contributed by atoms with Crippen LogP contribution < -0.4 is 0 Å². The van der Waals surface area contributed by atoms with E-state index in [1.165, 1.54) is 0 Å². The Kier molecular flexibility index (Phi) is 2.79. The van der Waals surface area contributed by atoms with Gasteiger partial charge in [0, 0.05) is 0 Å². The fourth-order valence-electron chi connectivity index (χ4n) is 1.22. The van der Waals surface area contributed by atoms with E-state index in [2.05, 4.69) is 4.99 Å². The molecule has 0 aromatic carbocycles. The van der Waals surface area contributed by atoms with Gasteiger partial charge in [-0.2, -0.15) is 0 Å². The Bertz CT molecular complexity index is 194. The molecule has 12 heavy (non-hydrogen) atoms. The molecular weight excluding hydrogens is 162 g/mol. The van der Waals surface area contributed by atoms with Gasteiger partial charge in [-0.05, 0) is 6.92 Å². The van der Waals surface area contributed by atoms with E-state index in [1.807, 2.05) is 0 Å². The molecule has 4 atom stereocenters. The van der Waals surface area contributed by atoms with E-state index < -0.39 is 31.0 Å². The number of nitrogens with zero attached hydrogens (tertiary/aromatic N) is 1. The molecule has 0 aromatic heterocycles. The van der Waals surface area contributed by atoms with Gasteiger partial charge in [0.15, 0.2) is 0 Å². The lowest BCUT2D eigenvalue weighted by Crippen LogP contribution is -2.51. The lowest BCUT2D eigenvalue weighted by atomic mass is 9.95. The summed E-state index contributed by atoms with van der Waals surface area (Å²) in [6.07, 6.45) is -3.56. The normalized spacial score (nSPS) is 42.6. The van der Waals surface area contributed by atoms with Gasteiger partial charge in [0.1, 0.15) is 18.3 Å². The Balaban J connectivity index is 2.84. The van der Waals surface area contributed by atoms with Crippen molar-refractivity contribution in [1.29, 1.82) is 0 Å². The highest BCUT2D eigenvalue weighted by Crippen LogP contribution is 2.15. The number of aliphatic imine (C=N–C) groups is 1. The van der Waals surface area contributed by atoms with E-state index in [4.69, 9.17) is 5.11 Å². The molecular formula is C7H13NO4. The van der Waals surface area contributed by atoms with Crippen LogP contribution in [0.4, 0.5) is 0 Å². The van der Waals surface area contributed by atoms with Crippen molar-refractivity contribution in [3.05, 3.63) is 0 Å². The Labute approximate surface area is 70.0 Å². The Morgan fingerprint density at radius 1 is 1.25 bits per heavy atom. The molecule has 1 heterocycles. The summed E-state index contributed by atoms with van der Waals surface area (Å²) < 4.78 is 0. The summed E-state index contributed by atoms with van der Waals surface area (Å²) in [5, 5.41) is 36.4. The molecule has 5 heteroatoms. The molecule has 0 spiro atoms. The minimum Gasteiger partial charge on any atom is -0.390 e. The summed E-state index contributed by atoms with van der Waals surface area (Å²) in [5.74, 6) is 0. The summed E-state index contributed by atoms with van der Waals surface area (Å²) in [5.41, 5.74) is 0.125. The average molecular weight is 175 g/mol. The first-order valence-electron chi connectivity index (χ1n) is 3.79. The van der Waals surface area contributed by atoms with Gasteiger partial charge in [-0.15, -0.1) is 0 Å². The van der Waals surface area contributed by atoms with Gasteiger partial charge in [0.25, 0.3) is 0 Å². The van der Waals surface area contributed by atoms with Crippen molar-refractivity contribution in [3.63, 3.8) is 0 Å². The molecule has 0 bridgehead atoms. The highest BCUT2D eigenvalue weighted by Gasteiger charge is 2.36. The second kappa shape index (κ2) is 3.49. The van der Waals surface area contributed by atoms with E-state index in [-0.39, 0.29) is 5.71 Å². The van der Waals surface area contributed by atoms with E-state index in [0.29, 0.717) is 0 Å². The van der Waals surface area contributed by atoms with Crippen LogP contribution in [0.1, 0.15) is 6.92 Å². The van der Waals surface area contributed by atoms with Crippen LogP contribution in [0, 0.1) is 0 Å². The Morgan fingerprint density at radius 3 is 2.33 bits per heavy atom. The van der Waals surface area contributed by atoms with Crippen LogP contribution in [0.25, 0.3) is 0 Å². The van der Waals surface area contributed by atoms with Crippen molar-refractivity contribution >= 4 is 5.71 Å². The van der Waals surface area contributed by atoms with Crippen LogP contribution in [0.3, 0.4) is 0 Å². The van der Waals surface area contributed by atoms with Gasteiger partial charge in [-0.3, -0.25) is 4.99 Å². The van der Waals surface area contributed by atoms with Crippen LogP contribution in [0.5, 0.6) is 0 Å². The minimum atomic E-state index is -1.25. The monoisotopic (exact) mass is 175 g/mol. The zero-order chi connectivity index (χ0) is 9.30. The zero-order valence-electron chi connectivity index (χ0n) is 6.75. The first-order chi connectivity index (χ1) is 5.57. The molecule has 0 aromatic rings. The largest absolute Gasteiger partial charge is 0.390 e. The first-order valence-corrected chi connectivity index (χ1v) is 3.79. The third-order valence-corrected chi connectivity index (χ3v) is 2.04. The summed E-state index contributed by atoms with van der Waals surface area (Å²) in [4.78, 5) is 3.82. The maximum Gasteiger partial charge on any atom is 0.122 e. The van der Waals surface area contributed by atoms with E-state index in [0.717, 1.165) is 0 Å². The lowest BCUT2D eigenvalue weighted by molar-refractivity contribution is -0.0507. The van der Waals surface area contributed by atoms with E-state index in [1.54, 1.807) is 6.92 Å².